The molecule has 3 heterocycles. The number of methoxy groups -OCH3 is 2. The summed E-state index contributed by atoms with van der Waals surface area (Å²) in [6.45, 7) is 3.56. The molecule has 2 aliphatic rings. The molecule has 2 aromatic heterocycles. The standard InChI is InChI=1S/C23H28N4O2/c1-28-20-7-3-6-19(22(20)29-2)17-10-11-21-24-23(25-27(21)15-17)18-5-4-12-26(14-18)13-16-8-9-16/h3,6-7,10-11,15-16,18H,4-5,8-9,12-14H2,1-2H3. The summed E-state index contributed by atoms with van der Waals surface area (Å²) in [7, 11) is 3.33. The van der Waals surface area contributed by atoms with Crippen LogP contribution in [-0.4, -0.2) is 53.4 Å². The third kappa shape index (κ3) is 3.69. The van der Waals surface area contributed by atoms with Gasteiger partial charge in [-0.25, -0.2) is 9.50 Å². The predicted octanol–water partition coefficient (Wildman–Crippen LogP) is 4.00. The topological polar surface area (TPSA) is 51.9 Å². The molecule has 0 amide bonds. The van der Waals surface area contributed by atoms with Crippen LogP contribution in [-0.2, 0) is 0 Å². The molecule has 0 N–H and O–H groups in total. The van der Waals surface area contributed by atoms with Crippen LogP contribution < -0.4 is 9.47 Å². The molecule has 1 aliphatic carbocycles. The van der Waals surface area contributed by atoms with Crippen molar-refractivity contribution >= 4 is 5.65 Å². The van der Waals surface area contributed by atoms with Crippen LogP contribution in [0.5, 0.6) is 11.5 Å². The fraction of sp³-hybridized carbons (Fsp3) is 0.478. The Labute approximate surface area is 171 Å². The van der Waals surface area contributed by atoms with Crippen molar-refractivity contribution in [3.63, 3.8) is 0 Å². The van der Waals surface area contributed by atoms with Crippen LogP contribution in [0.25, 0.3) is 16.8 Å². The predicted molar refractivity (Wildman–Crippen MR) is 113 cm³/mol. The molecular weight excluding hydrogens is 364 g/mol. The average Bonchev–Trinajstić information content (AvgIpc) is 3.47. The molecule has 0 bridgehead atoms. The molecule has 1 aromatic carbocycles. The smallest absolute Gasteiger partial charge is 0.168 e. The minimum Gasteiger partial charge on any atom is -0.493 e. The quantitative estimate of drug-likeness (QED) is 0.635. The normalized spacial score (nSPS) is 20.1. The average molecular weight is 393 g/mol. The summed E-state index contributed by atoms with van der Waals surface area (Å²) in [4.78, 5) is 7.46. The van der Waals surface area contributed by atoms with Crippen molar-refractivity contribution in [3.05, 3.63) is 42.4 Å². The zero-order valence-electron chi connectivity index (χ0n) is 17.2. The second-order valence-corrected chi connectivity index (χ2v) is 8.27. The molecular formula is C23H28N4O2. The maximum atomic E-state index is 5.61. The van der Waals surface area contributed by atoms with Crippen LogP contribution in [0.15, 0.2) is 36.5 Å². The Bertz CT molecular complexity index is 1010. The number of nitrogens with zero attached hydrogens (tertiary/aromatic N) is 4. The lowest BCUT2D eigenvalue weighted by molar-refractivity contribution is 0.197. The molecule has 6 nitrogen and oxygen atoms in total. The van der Waals surface area contributed by atoms with Crippen LogP contribution in [0.2, 0.25) is 0 Å². The molecule has 5 rings (SSSR count). The summed E-state index contributed by atoms with van der Waals surface area (Å²) in [6, 6.07) is 10.0. The molecule has 0 radical (unpaired) electrons. The van der Waals surface area contributed by atoms with E-state index in [9.17, 15) is 0 Å². The lowest BCUT2D eigenvalue weighted by atomic mass is 9.97. The van der Waals surface area contributed by atoms with E-state index in [1.165, 1.54) is 38.8 Å². The Morgan fingerprint density at radius 1 is 1.07 bits per heavy atom. The van der Waals surface area contributed by atoms with Crippen LogP contribution in [0.3, 0.4) is 0 Å². The van der Waals surface area contributed by atoms with Crippen molar-refractivity contribution in [1.82, 2.24) is 19.5 Å². The molecule has 152 valence electrons. The maximum absolute atomic E-state index is 5.61. The van der Waals surface area contributed by atoms with Gasteiger partial charge < -0.3 is 14.4 Å². The highest BCUT2D eigenvalue weighted by atomic mass is 16.5. The Morgan fingerprint density at radius 2 is 1.97 bits per heavy atom. The van der Waals surface area contributed by atoms with Gasteiger partial charge >= 0.3 is 0 Å². The van der Waals surface area contributed by atoms with E-state index in [2.05, 4.69) is 11.0 Å². The van der Waals surface area contributed by atoms with Gasteiger partial charge in [-0.2, -0.15) is 5.10 Å². The lowest BCUT2D eigenvalue weighted by Crippen LogP contribution is -2.36. The number of piperidine rings is 1. The highest BCUT2D eigenvalue weighted by Gasteiger charge is 2.29. The summed E-state index contributed by atoms with van der Waals surface area (Å²) in [6.07, 6.45) is 7.26. The van der Waals surface area contributed by atoms with Gasteiger partial charge in [0.15, 0.2) is 23.0 Å². The highest BCUT2D eigenvalue weighted by molar-refractivity contribution is 5.74. The highest BCUT2D eigenvalue weighted by Crippen LogP contribution is 2.38. The largest absolute Gasteiger partial charge is 0.493 e. The molecule has 0 spiro atoms. The van der Waals surface area contributed by atoms with Gasteiger partial charge in [0, 0.05) is 36.3 Å². The summed E-state index contributed by atoms with van der Waals surface area (Å²) >= 11 is 0. The molecule has 2 fully saturated rings. The van der Waals surface area contributed by atoms with Gasteiger partial charge in [-0.1, -0.05) is 12.1 Å². The van der Waals surface area contributed by atoms with E-state index in [-0.39, 0.29) is 0 Å². The number of ether oxygens (including phenoxy) is 2. The van der Waals surface area contributed by atoms with Gasteiger partial charge in [0.05, 0.1) is 14.2 Å². The minimum absolute atomic E-state index is 0.428. The monoisotopic (exact) mass is 392 g/mol. The van der Waals surface area contributed by atoms with E-state index in [1.807, 2.05) is 35.0 Å². The first-order chi connectivity index (χ1) is 14.2. The van der Waals surface area contributed by atoms with Crippen molar-refractivity contribution < 1.29 is 9.47 Å². The van der Waals surface area contributed by atoms with E-state index in [1.54, 1.807) is 14.2 Å². The summed E-state index contributed by atoms with van der Waals surface area (Å²) in [5, 5.41) is 4.86. The number of hydrogen-bond acceptors (Lipinski definition) is 5. The van der Waals surface area contributed by atoms with Gasteiger partial charge in [-0.15, -0.1) is 0 Å². The molecule has 1 unspecified atom stereocenters. The summed E-state index contributed by atoms with van der Waals surface area (Å²) in [5.74, 6) is 3.79. The Morgan fingerprint density at radius 3 is 2.76 bits per heavy atom. The third-order valence-electron chi connectivity index (χ3n) is 6.15. The Balaban J connectivity index is 1.43. The Hall–Kier alpha value is -2.60. The molecule has 1 saturated carbocycles. The van der Waals surface area contributed by atoms with Gasteiger partial charge in [0.2, 0.25) is 0 Å². The lowest BCUT2D eigenvalue weighted by Gasteiger charge is -2.31. The van der Waals surface area contributed by atoms with E-state index in [4.69, 9.17) is 19.6 Å². The fourth-order valence-corrected chi connectivity index (χ4v) is 4.44. The molecule has 3 aromatic rings. The van der Waals surface area contributed by atoms with E-state index in [0.29, 0.717) is 5.92 Å². The number of para-hydroxylation sites is 1. The first-order valence-electron chi connectivity index (χ1n) is 10.5. The van der Waals surface area contributed by atoms with E-state index in [0.717, 1.165) is 46.6 Å². The second kappa shape index (κ2) is 7.67. The van der Waals surface area contributed by atoms with Gasteiger partial charge in [0.25, 0.3) is 0 Å². The van der Waals surface area contributed by atoms with Gasteiger partial charge in [0.1, 0.15) is 0 Å². The van der Waals surface area contributed by atoms with Crippen LogP contribution in [0.1, 0.15) is 37.4 Å². The number of rotatable bonds is 6. The summed E-state index contributed by atoms with van der Waals surface area (Å²) < 4.78 is 13.0. The van der Waals surface area contributed by atoms with Gasteiger partial charge in [-0.3, -0.25) is 0 Å². The number of pyridine rings is 1. The second-order valence-electron chi connectivity index (χ2n) is 8.27. The minimum atomic E-state index is 0.428. The summed E-state index contributed by atoms with van der Waals surface area (Å²) in [5.41, 5.74) is 2.91. The number of hydrogen-bond donors (Lipinski definition) is 0. The number of benzene rings is 1. The first kappa shape index (κ1) is 18.4. The maximum Gasteiger partial charge on any atom is 0.168 e. The van der Waals surface area contributed by atoms with Crippen molar-refractivity contribution in [1.29, 1.82) is 0 Å². The van der Waals surface area contributed by atoms with Crippen molar-refractivity contribution in [3.8, 4) is 22.6 Å². The number of likely N-dealkylation sites (tertiary alicyclic amines) is 1. The van der Waals surface area contributed by atoms with Crippen LogP contribution in [0.4, 0.5) is 0 Å². The van der Waals surface area contributed by atoms with Crippen LogP contribution in [0, 0.1) is 5.92 Å². The molecule has 29 heavy (non-hydrogen) atoms. The fourth-order valence-electron chi connectivity index (χ4n) is 4.44. The van der Waals surface area contributed by atoms with Crippen molar-refractivity contribution in [2.24, 2.45) is 5.92 Å². The Kier molecular flexibility index (Phi) is 4.87. The third-order valence-corrected chi connectivity index (χ3v) is 6.15. The van der Waals surface area contributed by atoms with Crippen molar-refractivity contribution in [2.75, 3.05) is 33.9 Å². The van der Waals surface area contributed by atoms with Crippen LogP contribution >= 0.6 is 0 Å². The first-order valence-corrected chi connectivity index (χ1v) is 10.5. The van der Waals surface area contributed by atoms with Crippen molar-refractivity contribution in [2.45, 2.75) is 31.6 Å². The number of aromatic nitrogens is 3. The number of fused-ring (bicyclic) bond motifs is 1. The van der Waals surface area contributed by atoms with Gasteiger partial charge in [-0.05, 0) is 56.3 Å². The molecule has 1 saturated heterocycles. The molecule has 1 atom stereocenters. The van der Waals surface area contributed by atoms with E-state index < -0.39 is 0 Å². The molecule has 6 heteroatoms. The zero-order chi connectivity index (χ0) is 19.8. The molecule has 1 aliphatic heterocycles. The SMILES string of the molecule is COc1cccc(-c2ccc3nc(C4CCCN(CC5CC5)C4)nn3c2)c1OC. The zero-order valence-corrected chi connectivity index (χ0v) is 17.2. The van der Waals surface area contributed by atoms with E-state index >= 15 is 0 Å².